The van der Waals surface area contributed by atoms with Gasteiger partial charge in [-0.05, 0) is 55.9 Å². The highest BCUT2D eigenvalue weighted by atomic mass is 16.5. The zero-order chi connectivity index (χ0) is 14.7. The zero-order valence-corrected chi connectivity index (χ0v) is 12.2. The number of nitrogens with zero attached hydrogens (tertiary/aromatic N) is 2. The first-order chi connectivity index (χ1) is 10.1. The number of rotatable bonds is 4. The molecule has 0 spiro atoms. The summed E-state index contributed by atoms with van der Waals surface area (Å²) in [7, 11) is 0. The van der Waals surface area contributed by atoms with Crippen LogP contribution in [0.4, 0.5) is 0 Å². The van der Waals surface area contributed by atoms with Crippen LogP contribution in [0.5, 0.6) is 5.75 Å². The van der Waals surface area contributed by atoms with Crippen molar-refractivity contribution in [2.75, 3.05) is 6.61 Å². The lowest BCUT2D eigenvalue weighted by molar-refractivity contribution is -0.0424. The van der Waals surface area contributed by atoms with Crippen LogP contribution in [-0.4, -0.2) is 27.5 Å². The van der Waals surface area contributed by atoms with Gasteiger partial charge >= 0.3 is 0 Å². The molecule has 1 aromatic heterocycles. The fourth-order valence-electron chi connectivity index (χ4n) is 2.65. The van der Waals surface area contributed by atoms with Crippen LogP contribution in [0.15, 0.2) is 35.1 Å². The highest BCUT2D eigenvalue weighted by Crippen LogP contribution is 2.32. The Kier molecular flexibility index (Phi) is 3.92. The van der Waals surface area contributed by atoms with Crippen LogP contribution in [0.2, 0.25) is 0 Å². The number of hydrogen-bond acceptors (Lipinski definition) is 5. The molecule has 1 fully saturated rings. The molecule has 2 aromatic rings. The SMILES string of the molecule is CC1CCC(O)(COc2ccc(-c3nnco3)cc2)CC1. The molecule has 1 aromatic carbocycles. The third-order valence-corrected chi connectivity index (χ3v) is 4.17. The molecule has 21 heavy (non-hydrogen) atoms. The molecule has 0 bridgehead atoms. The van der Waals surface area contributed by atoms with Gasteiger partial charge in [0.2, 0.25) is 12.3 Å². The number of aromatic nitrogens is 2. The Balaban J connectivity index is 1.58. The summed E-state index contributed by atoms with van der Waals surface area (Å²) in [6, 6.07) is 7.45. The molecule has 0 amide bonds. The average molecular weight is 288 g/mol. The minimum atomic E-state index is -0.683. The van der Waals surface area contributed by atoms with Crippen molar-refractivity contribution < 1.29 is 14.3 Å². The lowest BCUT2D eigenvalue weighted by Crippen LogP contribution is -2.39. The summed E-state index contributed by atoms with van der Waals surface area (Å²) in [5.74, 6) is 1.94. The van der Waals surface area contributed by atoms with Crippen LogP contribution in [0.1, 0.15) is 32.6 Å². The average Bonchev–Trinajstić information content (AvgIpc) is 3.04. The van der Waals surface area contributed by atoms with Crippen molar-refractivity contribution in [2.24, 2.45) is 5.92 Å². The molecular weight excluding hydrogens is 268 g/mol. The van der Waals surface area contributed by atoms with Gasteiger partial charge in [-0.2, -0.15) is 0 Å². The molecule has 1 N–H and O–H groups in total. The molecule has 3 rings (SSSR count). The molecule has 0 atom stereocenters. The predicted molar refractivity (Wildman–Crippen MR) is 77.8 cm³/mol. The van der Waals surface area contributed by atoms with Crippen molar-refractivity contribution in [3.05, 3.63) is 30.7 Å². The molecule has 1 aliphatic carbocycles. The van der Waals surface area contributed by atoms with Crippen molar-refractivity contribution >= 4 is 0 Å². The zero-order valence-electron chi connectivity index (χ0n) is 12.2. The molecule has 1 heterocycles. The van der Waals surface area contributed by atoms with Gasteiger partial charge in [0, 0.05) is 5.56 Å². The number of benzene rings is 1. The second-order valence-electron chi connectivity index (χ2n) is 5.96. The molecule has 0 aliphatic heterocycles. The molecule has 1 saturated carbocycles. The first-order valence-electron chi connectivity index (χ1n) is 7.36. The Bertz CT molecular complexity index is 558. The molecule has 5 nitrogen and oxygen atoms in total. The van der Waals surface area contributed by atoms with E-state index in [2.05, 4.69) is 17.1 Å². The monoisotopic (exact) mass is 288 g/mol. The summed E-state index contributed by atoms with van der Waals surface area (Å²) in [6.07, 6.45) is 5.06. The maximum absolute atomic E-state index is 10.5. The summed E-state index contributed by atoms with van der Waals surface area (Å²) in [6.45, 7) is 2.58. The summed E-state index contributed by atoms with van der Waals surface area (Å²) in [4.78, 5) is 0. The molecular formula is C16H20N2O3. The minimum Gasteiger partial charge on any atom is -0.491 e. The van der Waals surface area contributed by atoms with Crippen LogP contribution < -0.4 is 4.74 Å². The van der Waals surface area contributed by atoms with Crippen LogP contribution in [0, 0.1) is 5.92 Å². The Morgan fingerprint density at radius 2 is 2.00 bits per heavy atom. The van der Waals surface area contributed by atoms with E-state index in [1.165, 1.54) is 6.39 Å². The van der Waals surface area contributed by atoms with Crippen LogP contribution in [0.3, 0.4) is 0 Å². The summed E-state index contributed by atoms with van der Waals surface area (Å²) < 4.78 is 10.9. The Labute approximate surface area is 124 Å². The van der Waals surface area contributed by atoms with Crippen LogP contribution in [-0.2, 0) is 0 Å². The van der Waals surface area contributed by atoms with Gasteiger partial charge in [0.1, 0.15) is 12.4 Å². The lowest BCUT2D eigenvalue weighted by Gasteiger charge is -2.34. The quantitative estimate of drug-likeness (QED) is 0.936. The van der Waals surface area contributed by atoms with E-state index < -0.39 is 5.60 Å². The van der Waals surface area contributed by atoms with Crippen molar-refractivity contribution in [3.63, 3.8) is 0 Å². The van der Waals surface area contributed by atoms with Gasteiger partial charge in [-0.1, -0.05) is 6.92 Å². The molecule has 5 heteroatoms. The lowest BCUT2D eigenvalue weighted by atomic mass is 9.80. The van der Waals surface area contributed by atoms with E-state index in [4.69, 9.17) is 9.15 Å². The highest BCUT2D eigenvalue weighted by molar-refractivity contribution is 5.53. The Morgan fingerprint density at radius 1 is 1.29 bits per heavy atom. The topological polar surface area (TPSA) is 68.4 Å². The van der Waals surface area contributed by atoms with Crippen molar-refractivity contribution in [3.8, 4) is 17.2 Å². The van der Waals surface area contributed by atoms with Gasteiger partial charge in [-0.25, -0.2) is 0 Å². The van der Waals surface area contributed by atoms with E-state index in [1.54, 1.807) is 0 Å². The van der Waals surface area contributed by atoms with Crippen molar-refractivity contribution in [1.82, 2.24) is 10.2 Å². The summed E-state index contributed by atoms with van der Waals surface area (Å²) in [5.41, 5.74) is 0.169. The summed E-state index contributed by atoms with van der Waals surface area (Å²) in [5, 5.41) is 18.0. The van der Waals surface area contributed by atoms with Gasteiger partial charge in [0.25, 0.3) is 0 Å². The Morgan fingerprint density at radius 3 is 2.62 bits per heavy atom. The fraction of sp³-hybridized carbons (Fsp3) is 0.500. The first kappa shape index (κ1) is 14.1. The molecule has 1 aliphatic rings. The van der Waals surface area contributed by atoms with Crippen molar-refractivity contribution in [2.45, 2.75) is 38.2 Å². The predicted octanol–water partition coefficient (Wildman–Crippen LogP) is 3.06. The third-order valence-electron chi connectivity index (χ3n) is 4.17. The molecule has 0 unspecified atom stereocenters. The van der Waals surface area contributed by atoms with Gasteiger partial charge in [-0.3, -0.25) is 0 Å². The molecule has 0 radical (unpaired) electrons. The standard InChI is InChI=1S/C16H20N2O3/c1-12-6-8-16(19,9-7-12)10-20-14-4-2-13(3-5-14)15-18-17-11-21-15/h2-5,11-12,19H,6-10H2,1H3. The normalized spacial score (nSPS) is 25.7. The van der Waals surface area contributed by atoms with E-state index >= 15 is 0 Å². The highest BCUT2D eigenvalue weighted by Gasteiger charge is 2.32. The van der Waals surface area contributed by atoms with E-state index in [9.17, 15) is 5.11 Å². The largest absolute Gasteiger partial charge is 0.491 e. The first-order valence-corrected chi connectivity index (χ1v) is 7.36. The van der Waals surface area contributed by atoms with Gasteiger partial charge in [0.15, 0.2) is 0 Å². The second kappa shape index (κ2) is 5.85. The molecule has 112 valence electrons. The molecule has 0 saturated heterocycles. The summed E-state index contributed by atoms with van der Waals surface area (Å²) >= 11 is 0. The second-order valence-corrected chi connectivity index (χ2v) is 5.96. The minimum absolute atomic E-state index is 0.347. The maximum atomic E-state index is 10.5. The smallest absolute Gasteiger partial charge is 0.247 e. The number of hydrogen-bond donors (Lipinski definition) is 1. The number of aliphatic hydroxyl groups is 1. The maximum Gasteiger partial charge on any atom is 0.247 e. The fourth-order valence-corrected chi connectivity index (χ4v) is 2.65. The Hall–Kier alpha value is -1.88. The van der Waals surface area contributed by atoms with E-state index in [-0.39, 0.29) is 0 Å². The van der Waals surface area contributed by atoms with Crippen LogP contribution in [0.25, 0.3) is 11.5 Å². The van der Waals surface area contributed by atoms with Gasteiger partial charge in [-0.15, -0.1) is 10.2 Å². The third kappa shape index (κ3) is 3.42. The van der Waals surface area contributed by atoms with Crippen molar-refractivity contribution in [1.29, 1.82) is 0 Å². The van der Waals surface area contributed by atoms with E-state index in [1.807, 2.05) is 24.3 Å². The van der Waals surface area contributed by atoms with E-state index in [0.717, 1.165) is 37.0 Å². The van der Waals surface area contributed by atoms with E-state index in [0.29, 0.717) is 18.4 Å². The number of ether oxygens (including phenoxy) is 1. The van der Waals surface area contributed by atoms with Gasteiger partial charge < -0.3 is 14.3 Å². The van der Waals surface area contributed by atoms with Gasteiger partial charge in [0.05, 0.1) is 5.60 Å². The van der Waals surface area contributed by atoms with Crippen LogP contribution >= 0.6 is 0 Å².